The van der Waals surface area contributed by atoms with Gasteiger partial charge in [0.25, 0.3) is 0 Å². The molecule has 0 heterocycles. The number of nitro benzene ring substituents is 1. The molecule has 0 saturated carbocycles. The van der Waals surface area contributed by atoms with Crippen molar-refractivity contribution in [3.63, 3.8) is 0 Å². The Hall–Kier alpha value is -4.06. The SMILES string of the molecule is COC(=O)COc1ccc(Oc2cc(Oc3c(F)cc(C(F)(F)F)cc3Cl)ccc2[N+](=O)[O-])cc1. The number of ether oxygens (including phenoxy) is 4. The van der Waals surface area contributed by atoms with E-state index in [0.29, 0.717) is 11.8 Å². The Bertz CT molecular complexity index is 1230. The molecule has 0 fully saturated rings. The van der Waals surface area contributed by atoms with Crippen molar-refractivity contribution in [2.75, 3.05) is 13.7 Å². The molecule has 3 rings (SSSR count). The van der Waals surface area contributed by atoms with Crippen molar-refractivity contribution < 1.29 is 46.2 Å². The maximum absolute atomic E-state index is 14.3. The summed E-state index contributed by atoms with van der Waals surface area (Å²) in [6, 6.07) is 9.53. The van der Waals surface area contributed by atoms with E-state index in [2.05, 4.69) is 4.74 Å². The van der Waals surface area contributed by atoms with Crippen LogP contribution in [0.25, 0.3) is 0 Å². The first-order chi connectivity index (χ1) is 16.5. The molecule has 3 aromatic rings. The number of nitro groups is 1. The van der Waals surface area contributed by atoms with Gasteiger partial charge in [0, 0.05) is 12.1 Å². The lowest BCUT2D eigenvalue weighted by Gasteiger charge is -2.13. The molecule has 35 heavy (non-hydrogen) atoms. The van der Waals surface area contributed by atoms with Crippen LogP contribution in [0.15, 0.2) is 54.6 Å². The Morgan fingerprint density at radius 1 is 1.00 bits per heavy atom. The fourth-order valence-corrected chi connectivity index (χ4v) is 2.91. The standard InChI is InChI=1S/C22H14ClF4NO7/c1-32-20(29)11-33-13-2-4-14(5-3-13)34-19-10-15(6-7-18(19)28(30)31)35-21-16(23)8-12(9-17(21)24)22(25,26)27/h2-10H,11H2,1H3. The maximum atomic E-state index is 14.3. The van der Waals surface area contributed by atoms with Crippen molar-refractivity contribution in [2.45, 2.75) is 6.18 Å². The minimum Gasteiger partial charge on any atom is -0.482 e. The average molecular weight is 516 g/mol. The van der Waals surface area contributed by atoms with Crippen molar-refractivity contribution in [3.8, 4) is 28.7 Å². The van der Waals surface area contributed by atoms with Crippen molar-refractivity contribution in [2.24, 2.45) is 0 Å². The quantitative estimate of drug-likeness (QED) is 0.145. The van der Waals surface area contributed by atoms with Gasteiger partial charge < -0.3 is 18.9 Å². The van der Waals surface area contributed by atoms with Crippen LogP contribution in [0.3, 0.4) is 0 Å². The number of carbonyl (C=O) groups is 1. The van der Waals surface area contributed by atoms with Crippen molar-refractivity contribution in [1.29, 1.82) is 0 Å². The molecular weight excluding hydrogens is 502 g/mol. The van der Waals surface area contributed by atoms with Crippen molar-refractivity contribution in [1.82, 2.24) is 0 Å². The van der Waals surface area contributed by atoms with Crippen LogP contribution in [0.1, 0.15) is 5.56 Å². The molecule has 13 heteroatoms. The number of benzene rings is 3. The average Bonchev–Trinajstić information content (AvgIpc) is 2.80. The van der Waals surface area contributed by atoms with E-state index in [1.165, 1.54) is 31.4 Å². The highest BCUT2D eigenvalue weighted by molar-refractivity contribution is 6.32. The van der Waals surface area contributed by atoms with Crippen LogP contribution in [0, 0.1) is 15.9 Å². The summed E-state index contributed by atoms with van der Waals surface area (Å²) in [5.41, 5.74) is -1.78. The maximum Gasteiger partial charge on any atom is 0.416 e. The lowest BCUT2D eigenvalue weighted by molar-refractivity contribution is -0.385. The second-order valence-corrected chi connectivity index (χ2v) is 7.10. The van der Waals surface area contributed by atoms with E-state index < -0.39 is 44.9 Å². The third-order valence-electron chi connectivity index (χ3n) is 4.31. The van der Waals surface area contributed by atoms with Gasteiger partial charge in [0.15, 0.2) is 18.2 Å². The molecule has 184 valence electrons. The number of methoxy groups -OCH3 is 1. The van der Waals surface area contributed by atoms with E-state index in [1.807, 2.05) is 0 Å². The van der Waals surface area contributed by atoms with Crippen molar-refractivity contribution >= 4 is 23.3 Å². The highest BCUT2D eigenvalue weighted by Gasteiger charge is 2.33. The molecule has 0 unspecified atom stereocenters. The first-order valence-corrected chi connectivity index (χ1v) is 9.86. The molecule has 8 nitrogen and oxygen atoms in total. The second-order valence-electron chi connectivity index (χ2n) is 6.69. The Morgan fingerprint density at radius 2 is 1.63 bits per heavy atom. The molecule has 0 radical (unpaired) electrons. The van der Waals surface area contributed by atoms with Crippen LogP contribution in [-0.4, -0.2) is 24.6 Å². The Balaban J connectivity index is 1.84. The van der Waals surface area contributed by atoms with Gasteiger partial charge in [0.2, 0.25) is 5.75 Å². The summed E-state index contributed by atoms with van der Waals surface area (Å²) >= 11 is 5.77. The Morgan fingerprint density at radius 3 is 2.20 bits per heavy atom. The highest BCUT2D eigenvalue weighted by atomic mass is 35.5. The molecule has 3 aromatic carbocycles. The van der Waals surface area contributed by atoms with Gasteiger partial charge in [0.05, 0.1) is 22.6 Å². The van der Waals surface area contributed by atoms with Gasteiger partial charge in [0.1, 0.15) is 17.2 Å². The second kappa shape index (κ2) is 10.5. The van der Waals surface area contributed by atoms with Crippen LogP contribution < -0.4 is 14.2 Å². The van der Waals surface area contributed by atoms with Gasteiger partial charge in [-0.2, -0.15) is 13.2 Å². The topological polar surface area (TPSA) is 97.1 Å². The summed E-state index contributed by atoms with van der Waals surface area (Å²) in [5.74, 6) is -2.75. The van der Waals surface area contributed by atoms with E-state index in [0.717, 1.165) is 18.2 Å². The molecule has 0 aliphatic carbocycles. The Labute approximate surface area is 199 Å². The summed E-state index contributed by atoms with van der Waals surface area (Å²) < 4.78 is 73.2. The molecule has 0 aromatic heterocycles. The highest BCUT2D eigenvalue weighted by Crippen LogP contribution is 2.41. The number of hydrogen-bond acceptors (Lipinski definition) is 7. The smallest absolute Gasteiger partial charge is 0.416 e. The molecular formula is C22H14ClF4NO7. The van der Waals surface area contributed by atoms with E-state index >= 15 is 0 Å². The third kappa shape index (κ3) is 6.51. The van der Waals surface area contributed by atoms with Gasteiger partial charge in [-0.05, 0) is 42.5 Å². The fraction of sp³-hybridized carbons (Fsp3) is 0.136. The molecule has 0 bridgehead atoms. The predicted molar refractivity (Wildman–Crippen MR) is 114 cm³/mol. The first kappa shape index (κ1) is 25.6. The number of hydrogen-bond donors (Lipinski definition) is 0. The fourth-order valence-electron chi connectivity index (χ4n) is 2.66. The van der Waals surface area contributed by atoms with E-state index in [-0.39, 0.29) is 29.9 Å². The normalized spacial score (nSPS) is 11.0. The van der Waals surface area contributed by atoms with Gasteiger partial charge >= 0.3 is 17.8 Å². The number of nitrogens with zero attached hydrogens (tertiary/aromatic N) is 1. The summed E-state index contributed by atoms with van der Waals surface area (Å²) in [4.78, 5) is 21.8. The van der Waals surface area contributed by atoms with Crippen LogP contribution in [0.4, 0.5) is 23.2 Å². The molecule has 0 amide bonds. The molecule has 0 N–H and O–H groups in total. The zero-order valence-electron chi connectivity index (χ0n) is 17.6. The zero-order chi connectivity index (χ0) is 25.8. The summed E-state index contributed by atoms with van der Waals surface area (Å²) in [6.07, 6.45) is -4.82. The van der Waals surface area contributed by atoms with E-state index in [9.17, 15) is 32.5 Å². The zero-order valence-corrected chi connectivity index (χ0v) is 18.4. The number of esters is 1. The molecule has 0 aliphatic heterocycles. The molecule has 0 atom stereocenters. The largest absolute Gasteiger partial charge is 0.482 e. The van der Waals surface area contributed by atoms with Gasteiger partial charge in [-0.1, -0.05) is 11.6 Å². The Kier molecular flexibility index (Phi) is 7.65. The first-order valence-electron chi connectivity index (χ1n) is 9.48. The number of alkyl halides is 3. The summed E-state index contributed by atoms with van der Waals surface area (Å²) in [5, 5.41) is 10.7. The van der Waals surface area contributed by atoms with Gasteiger partial charge in [-0.15, -0.1) is 0 Å². The summed E-state index contributed by atoms with van der Waals surface area (Å²) in [7, 11) is 1.20. The molecule has 0 saturated heterocycles. The lowest BCUT2D eigenvalue weighted by Crippen LogP contribution is -2.12. The monoisotopic (exact) mass is 515 g/mol. The lowest BCUT2D eigenvalue weighted by atomic mass is 10.2. The van der Waals surface area contributed by atoms with Gasteiger partial charge in [-0.3, -0.25) is 10.1 Å². The molecule has 0 aliphatic rings. The minimum atomic E-state index is -4.82. The number of halogens is 5. The number of rotatable bonds is 8. The minimum absolute atomic E-state index is 0.134. The van der Waals surface area contributed by atoms with Gasteiger partial charge in [-0.25, -0.2) is 9.18 Å². The third-order valence-corrected chi connectivity index (χ3v) is 4.59. The molecule has 0 spiro atoms. The van der Waals surface area contributed by atoms with Crippen molar-refractivity contribution in [3.05, 3.63) is 81.1 Å². The number of carbonyl (C=O) groups excluding carboxylic acids is 1. The predicted octanol–water partition coefficient (Wildman–Crippen LogP) is 6.54. The van der Waals surface area contributed by atoms with E-state index in [1.54, 1.807) is 0 Å². The van der Waals surface area contributed by atoms with E-state index in [4.69, 9.17) is 25.8 Å². The van der Waals surface area contributed by atoms with Crippen LogP contribution >= 0.6 is 11.6 Å². The summed E-state index contributed by atoms with van der Waals surface area (Å²) in [6.45, 7) is -0.329. The van der Waals surface area contributed by atoms with Crippen LogP contribution in [-0.2, 0) is 15.7 Å². The van der Waals surface area contributed by atoms with Crippen LogP contribution in [0.2, 0.25) is 5.02 Å². The van der Waals surface area contributed by atoms with Crippen LogP contribution in [0.5, 0.6) is 28.7 Å².